The van der Waals surface area contributed by atoms with E-state index in [0.717, 1.165) is 19.1 Å². The van der Waals surface area contributed by atoms with Crippen molar-refractivity contribution in [2.75, 3.05) is 0 Å². The molecular formula is C22H36Cl2SiZr. The van der Waals surface area contributed by atoms with Crippen LogP contribution in [0.4, 0.5) is 0 Å². The van der Waals surface area contributed by atoms with Crippen LogP contribution < -0.4 is 0 Å². The zero-order chi connectivity index (χ0) is 16.8. The summed E-state index contributed by atoms with van der Waals surface area (Å²) < 4.78 is 5.08. The number of hydrogen-bond donors (Lipinski definition) is 0. The summed E-state index contributed by atoms with van der Waals surface area (Å²) in [7, 11) is 0. The summed E-state index contributed by atoms with van der Waals surface area (Å²) in [5.74, 6) is 1.79. The molecule has 4 atom stereocenters. The molecule has 0 radical (unpaired) electrons. The molecular weight excluding hydrogens is 454 g/mol. The monoisotopic (exact) mass is 488 g/mol. The molecule has 2 fully saturated rings. The van der Waals surface area contributed by atoms with E-state index in [2.05, 4.69) is 57.2 Å². The van der Waals surface area contributed by atoms with Gasteiger partial charge in [0.15, 0.2) is 0 Å². The van der Waals surface area contributed by atoms with E-state index in [-0.39, 0.29) is 24.8 Å². The Labute approximate surface area is 175 Å². The Morgan fingerprint density at radius 1 is 0.808 bits per heavy atom. The average molecular weight is 491 g/mol. The van der Waals surface area contributed by atoms with Crippen molar-refractivity contribution in [3.8, 4) is 0 Å². The first-order chi connectivity index (χ1) is 11.6. The van der Waals surface area contributed by atoms with Gasteiger partial charge in [0.05, 0.1) is 0 Å². The van der Waals surface area contributed by atoms with E-state index < -0.39 is 17.4 Å². The van der Waals surface area contributed by atoms with Crippen LogP contribution in [-0.4, -0.2) is 6.88 Å². The Hall–Kier alpha value is 0.640. The molecule has 4 aliphatic carbocycles. The van der Waals surface area contributed by atoms with Crippen LogP contribution in [0.25, 0.3) is 0 Å². The summed E-state index contributed by atoms with van der Waals surface area (Å²) in [5.41, 5.74) is 3.80. The molecule has 4 unspecified atom stereocenters. The zero-order valence-corrected chi connectivity index (χ0v) is 22.0. The van der Waals surface area contributed by atoms with E-state index in [1.165, 1.54) is 46.8 Å². The van der Waals surface area contributed by atoms with Gasteiger partial charge in [-0.15, -0.1) is 24.8 Å². The summed E-state index contributed by atoms with van der Waals surface area (Å²) in [6.07, 6.45) is 23.3. The number of halogens is 2. The van der Waals surface area contributed by atoms with E-state index in [1.54, 1.807) is 0 Å². The van der Waals surface area contributed by atoms with Gasteiger partial charge >= 0.3 is 152 Å². The molecule has 0 spiro atoms. The SMILES string of the molecule is C[CH2][Zr](=[SiH2])([CH2]C)([CH]1CCC2CC=CC=C21)[CH]1CCC2CC=CC=C21.Cl.Cl. The van der Waals surface area contributed by atoms with Crippen LogP contribution in [0.15, 0.2) is 47.6 Å². The van der Waals surface area contributed by atoms with Gasteiger partial charge in [-0.1, -0.05) is 0 Å². The van der Waals surface area contributed by atoms with Crippen LogP contribution in [0.2, 0.25) is 15.5 Å². The van der Waals surface area contributed by atoms with Crippen molar-refractivity contribution >= 4 is 31.7 Å². The van der Waals surface area contributed by atoms with Gasteiger partial charge in [0.1, 0.15) is 0 Å². The summed E-state index contributed by atoms with van der Waals surface area (Å²) in [4.78, 5) is 0. The van der Waals surface area contributed by atoms with Gasteiger partial charge in [-0.3, -0.25) is 0 Å². The standard InChI is InChI=1S/2C9H11.2C2H5.2ClH.H2Si.Zr/c2*1-2-5-9-7-3-6-8(9)4-1;2*1-2;;;;/h2*1-2,4,6,9H,3,5,7H2;2*1H2,2H3;2*1H;1H2;. The third-order valence-electron chi connectivity index (χ3n) is 8.74. The molecule has 0 aliphatic heterocycles. The summed E-state index contributed by atoms with van der Waals surface area (Å²) >= 11 is -2.88. The molecule has 146 valence electrons. The van der Waals surface area contributed by atoms with Crippen molar-refractivity contribution in [2.24, 2.45) is 11.8 Å². The molecule has 0 heterocycles. The predicted molar refractivity (Wildman–Crippen MR) is 121 cm³/mol. The molecule has 0 bridgehead atoms. The fraction of sp³-hybridized carbons (Fsp3) is 0.636. The van der Waals surface area contributed by atoms with E-state index in [9.17, 15) is 0 Å². The van der Waals surface area contributed by atoms with Gasteiger partial charge in [0.2, 0.25) is 0 Å². The number of fused-ring (bicyclic) bond motifs is 2. The van der Waals surface area contributed by atoms with Gasteiger partial charge in [0, 0.05) is 0 Å². The van der Waals surface area contributed by atoms with E-state index in [0.29, 0.717) is 0 Å². The minimum atomic E-state index is -2.88. The Bertz CT molecular complexity index is 656. The first-order valence-corrected chi connectivity index (χ1v) is 22.6. The van der Waals surface area contributed by atoms with E-state index in [1.807, 2.05) is 11.1 Å². The van der Waals surface area contributed by atoms with Crippen molar-refractivity contribution < 1.29 is 17.4 Å². The van der Waals surface area contributed by atoms with Crippen molar-refractivity contribution in [3.63, 3.8) is 0 Å². The second kappa shape index (κ2) is 8.56. The Balaban J connectivity index is 0.00000121. The second-order valence-electron chi connectivity index (χ2n) is 9.16. The molecule has 26 heavy (non-hydrogen) atoms. The quantitative estimate of drug-likeness (QED) is 0.368. The molecule has 4 aliphatic rings. The summed E-state index contributed by atoms with van der Waals surface area (Å²) in [5, 5.41) is 0. The van der Waals surface area contributed by atoms with E-state index in [4.69, 9.17) is 0 Å². The van der Waals surface area contributed by atoms with Crippen molar-refractivity contribution in [1.82, 2.24) is 0 Å². The Kier molecular flexibility index (Phi) is 7.55. The van der Waals surface area contributed by atoms with Gasteiger partial charge in [-0.05, 0) is 0 Å². The number of rotatable bonds is 4. The minimum absolute atomic E-state index is 0. The minimum Gasteiger partial charge on any atom is -0.147 e. The number of hydrogen-bond acceptors (Lipinski definition) is 0. The maximum Gasteiger partial charge on any atom is -0.147 e. The summed E-state index contributed by atoms with van der Waals surface area (Å²) in [6, 6.07) is 0. The van der Waals surface area contributed by atoms with Gasteiger partial charge < -0.3 is 0 Å². The number of allylic oxidation sites excluding steroid dienone is 8. The van der Waals surface area contributed by atoms with Crippen LogP contribution in [0.5, 0.6) is 0 Å². The molecule has 0 nitrogen and oxygen atoms in total. The predicted octanol–water partition coefficient (Wildman–Crippen LogP) is 7.11. The topological polar surface area (TPSA) is 0 Å². The smallest absolute Gasteiger partial charge is 0.147 e. The van der Waals surface area contributed by atoms with Gasteiger partial charge in [-0.25, -0.2) is 0 Å². The van der Waals surface area contributed by atoms with Gasteiger partial charge in [-0.2, -0.15) is 0 Å². The molecule has 0 N–H and O–H groups in total. The normalized spacial score (nSPS) is 32.7. The van der Waals surface area contributed by atoms with Crippen LogP contribution >= 0.6 is 24.8 Å². The molecule has 0 aromatic rings. The summed E-state index contributed by atoms with van der Waals surface area (Å²) in [6.45, 7) is 7.80. The zero-order valence-electron chi connectivity index (χ0n) is 16.5. The second-order valence-corrected chi connectivity index (χ2v) is 37.3. The Morgan fingerprint density at radius 2 is 1.23 bits per heavy atom. The first kappa shape index (κ1) is 22.9. The fourth-order valence-corrected chi connectivity index (χ4v) is 30.2. The molecule has 4 rings (SSSR count). The molecule has 2 saturated carbocycles. The maximum atomic E-state index is 2.63. The largest absolute Gasteiger partial charge is 0.147 e. The van der Waals surface area contributed by atoms with Crippen LogP contribution in [0, 0.1) is 11.8 Å². The first-order valence-electron chi connectivity index (χ1n) is 10.4. The van der Waals surface area contributed by atoms with Crippen molar-refractivity contribution in [3.05, 3.63) is 47.6 Å². The fourth-order valence-electron chi connectivity index (χ4n) is 6.98. The van der Waals surface area contributed by atoms with Crippen LogP contribution in [0.1, 0.15) is 52.4 Å². The maximum absolute atomic E-state index is 2.88. The van der Waals surface area contributed by atoms with Gasteiger partial charge in [0.25, 0.3) is 0 Å². The molecule has 0 aromatic heterocycles. The average Bonchev–Trinajstić information content (AvgIpc) is 3.26. The third-order valence-corrected chi connectivity index (χ3v) is 41.7. The van der Waals surface area contributed by atoms with Crippen molar-refractivity contribution in [1.29, 1.82) is 0 Å². The van der Waals surface area contributed by atoms with Crippen molar-refractivity contribution in [2.45, 2.75) is 67.9 Å². The third kappa shape index (κ3) is 3.30. The molecule has 0 saturated heterocycles. The van der Waals surface area contributed by atoms with E-state index >= 15 is 0 Å². The van der Waals surface area contributed by atoms with Crippen LogP contribution in [0.3, 0.4) is 0 Å². The van der Waals surface area contributed by atoms with Crippen LogP contribution in [-0.2, 0) is 17.4 Å². The Morgan fingerprint density at radius 3 is 1.62 bits per heavy atom. The molecule has 0 amide bonds. The molecule has 4 heteroatoms. The molecule has 0 aromatic carbocycles.